The maximum absolute atomic E-state index is 2.20. The van der Waals surface area contributed by atoms with Crippen LogP contribution in [-0.2, 0) is 6.42 Å². The van der Waals surface area contributed by atoms with Crippen molar-refractivity contribution in [2.75, 3.05) is 0 Å². The van der Waals surface area contributed by atoms with E-state index >= 15 is 0 Å². The summed E-state index contributed by atoms with van der Waals surface area (Å²) in [6, 6.07) is 16.9. The summed E-state index contributed by atoms with van der Waals surface area (Å²) in [7, 11) is 0. The molecule has 1 aliphatic carbocycles. The number of fused-ring (bicyclic) bond motifs is 1. The first-order chi connectivity index (χ1) is 14.3. The molecule has 0 bridgehead atoms. The Morgan fingerprint density at radius 1 is 0.469 bits per heavy atom. The van der Waals surface area contributed by atoms with Gasteiger partial charge in [0, 0.05) is 0 Å². The molecule has 0 aliphatic heterocycles. The van der Waals surface area contributed by atoms with Crippen LogP contribution in [0.4, 0.5) is 0 Å². The highest BCUT2D eigenvalue weighted by Crippen LogP contribution is 2.17. The smallest absolute Gasteiger partial charge is 0.00882 e. The molecule has 0 amide bonds. The highest BCUT2D eigenvalue weighted by Gasteiger charge is 2.00. The van der Waals surface area contributed by atoms with Gasteiger partial charge in [-0.05, 0) is 42.5 Å². The molecule has 0 spiro atoms. The quantitative estimate of drug-likeness (QED) is 0.374. The average Bonchev–Trinajstić information content (AvgIpc) is 3.33. The van der Waals surface area contributed by atoms with Crippen molar-refractivity contribution in [3.05, 3.63) is 76.9 Å². The molecule has 2 aromatic rings. The van der Waals surface area contributed by atoms with E-state index in [-0.39, 0.29) is 22.3 Å². The van der Waals surface area contributed by atoms with Crippen molar-refractivity contribution in [2.24, 2.45) is 0 Å². The van der Waals surface area contributed by atoms with E-state index in [1.54, 1.807) is 0 Å². The molecule has 0 unspecified atom stereocenters. The first kappa shape index (κ1) is 52.2. The van der Waals surface area contributed by atoms with Gasteiger partial charge in [0.05, 0.1) is 0 Å². The number of allylic oxidation sites excluding steroid dienone is 1. The maximum atomic E-state index is 2.20. The molecule has 0 nitrogen and oxygen atoms in total. The van der Waals surface area contributed by atoms with Gasteiger partial charge in [-0.3, -0.25) is 0 Å². The molecule has 0 radical (unpaired) electrons. The lowest BCUT2D eigenvalue weighted by Crippen LogP contribution is -1.76. The topological polar surface area (TPSA) is 0 Å². The summed E-state index contributed by atoms with van der Waals surface area (Å²) in [6.07, 6.45) is 5.50. The Bertz CT molecular complexity index is 500. The lowest BCUT2D eigenvalue weighted by molar-refractivity contribution is 1.31. The monoisotopic (exact) mass is 451 g/mol. The van der Waals surface area contributed by atoms with Crippen LogP contribution >= 0.6 is 0 Å². The standard InChI is InChI=1S/C9H8.C8H10.6C2H6.3CH4/c1-2-5-9-7-3-6-8(9)4-1;1-7-5-3-4-6-8(7)2;6*1-2;;;/h1-6H,7H2;3-6H,1-2H3;6*1-2H3;3*1H4. The Hall–Kier alpha value is -1.82. The Morgan fingerprint density at radius 2 is 0.781 bits per heavy atom. The fourth-order valence-electron chi connectivity index (χ4n) is 1.86. The molecule has 2 aromatic carbocycles. The van der Waals surface area contributed by atoms with Crippen LogP contribution in [0.3, 0.4) is 0 Å². The van der Waals surface area contributed by atoms with Gasteiger partial charge in [0.1, 0.15) is 0 Å². The minimum Gasteiger partial charge on any atom is -0.0795 e. The Balaban J connectivity index is -0.0000000387. The largest absolute Gasteiger partial charge is 0.0795 e. The van der Waals surface area contributed by atoms with Crippen LogP contribution in [0.2, 0.25) is 0 Å². The van der Waals surface area contributed by atoms with Gasteiger partial charge >= 0.3 is 0 Å². The Kier molecular flexibility index (Phi) is 84.3. The van der Waals surface area contributed by atoms with Crippen molar-refractivity contribution in [2.45, 2.75) is 126 Å². The molecule has 0 N–H and O–H groups in total. The van der Waals surface area contributed by atoms with Crippen molar-refractivity contribution in [1.29, 1.82) is 0 Å². The summed E-state index contributed by atoms with van der Waals surface area (Å²) < 4.78 is 0. The lowest BCUT2D eigenvalue weighted by atomic mass is 10.1. The van der Waals surface area contributed by atoms with E-state index in [1.807, 2.05) is 83.1 Å². The van der Waals surface area contributed by atoms with Gasteiger partial charge in [0.15, 0.2) is 0 Å². The van der Waals surface area contributed by atoms with Gasteiger partial charge in [0.2, 0.25) is 0 Å². The molecule has 0 aromatic heterocycles. The van der Waals surface area contributed by atoms with Gasteiger partial charge in [-0.15, -0.1) is 0 Å². The van der Waals surface area contributed by atoms with Crippen LogP contribution in [0.5, 0.6) is 0 Å². The van der Waals surface area contributed by atoms with E-state index in [4.69, 9.17) is 0 Å². The van der Waals surface area contributed by atoms with Crippen molar-refractivity contribution in [3.63, 3.8) is 0 Å². The third kappa shape index (κ3) is 30.4. The Morgan fingerprint density at radius 3 is 1.09 bits per heavy atom. The van der Waals surface area contributed by atoms with Gasteiger partial charge in [0.25, 0.3) is 0 Å². The molecular formula is C32H66. The van der Waals surface area contributed by atoms with E-state index < -0.39 is 0 Å². The second-order valence-corrected chi connectivity index (χ2v) is 4.39. The summed E-state index contributed by atoms with van der Waals surface area (Å²) in [5.41, 5.74) is 5.58. The molecule has 32 heavy (non-hydrogen) atoms. The summed E-state index contributed by atoms with van der Waals surface area (Å²) in [5, 5.41) is 0. The summed E-state index contributed by atoms with van der Waals surface area (Å²) in [5.74, 6) is 0. The zero-order valence-corrected chi connectivity index (χ0v) is 22.5. The predicted molar refractivity (Wildman–Crippen MR) is 163 cm³/mol. The zero-order valence-electron chi connectivity index (χ0n) is 22.5. The maximum Gasteiger partial charge on any atom is -0.00882 e. The SMILES string of the molecule is C.C.C.C1=Cc2ccccc2C1.CC.CC.CC.CC.CC.CC.Cc1ccccc1C. The average molecular weight is 451 g/mol. The zero-order chi connectivity index (χ0) is 24.1. The summed E-state index contributed by atoms with van der Waals surface area (Å²) in [4.78, 5) is 0. The summed E-state index contributed by atoms with van der Waals surface area (Å²) in [6.45, 7) is 28.2. The lowest BCUT2D eigenvalue weighted by Gasteiger charge is -1.93. The van der Waals surface area contributed by atoms with Crippen LogP contribution in [-0.4, -0.2) is 0 Å². The third-order valence-corrected chi connectivity index (χ3v) is 3.12. The fraction of sp³-hybridized carbons (Fsp3) is 0.562. The minimum atomic E-state index is 0. The van der Waals surface area contributed by atoms with Gasteiger partial charge < -0.3 is 0 Å². The first-order valence-electron chi connectivity index (χ1n) is 12.0. The molecule has 0 fully saturated rings. The summed E-state index contributed by atoms with van der Waals surface area (Å²) >= 11 is 0. The van der Waals surface area contributed by atoms with Gasteiger partial charge in [-0.25, -0.2) is 0 Å². The van der Waals surface area contributed by atoms with Crippen molar-refractivity contribution < 1.29 is 0 Å². The fourth-order valence-corrected chi connectivity index (χ4v) is 1.86. The molecule has 0 saturated carbocycles. The third-order valence-electron chi connectivity index (χ3n) is 3.12. The molecular weight excluding hydrogens is 384 g/mol. The van der Waals surface area contributed by atoms with Crippen molar-refractivity contribution in [1.82, 2.24) is 0 Å². The van der Waals surface area contributed by atoms with Crippen LogP contribution in [0, 0.1) is 13.8 Å². The minimum absolute atomic E-state index is 0. The van der Waals surface area contributed by atoms with Crippen LogP contribution < -0.4 is 0 Å². The number of hydrogen-bond acceptors (Lipinski definition) is 0. The number of aryl methyl sites for hydroxylation is 2. The van der Waals surface area contributed by atoms with Crippen LogP contribution in [0.15, 0.2) is 54.6 Å². The number of hydrogen-bond donors (Lipinski definition) is 0. The highest BCUT2D eigenvalue weighted by atomic mass is 14.0. The number of benzene rings is 2. The van der Waals surface area contributed by atoms with E-state index in [9.17, 15) is 0 Å². The van der Waals surface area contributed by atoms with Gasteiger partial charge in [-0.2, -0.15) is 0 Å². The molecule has 194 valence electrons. The molecule has 1 aliphatic rings. The van der Waals surface area contributed by atoms with Gasteiger partial charge in [-0.1, -0.05) is 166 Å². The Labute approximate surface area is 208 Å². The van der Waals surface area contributed by atoms with Crippen molar-refractivity contribution in [3.8, 4) is 0 Å². The van der Waals surface area contributed by atoms with Crippen molar-refractivity contribution >= 4 is 6.08 Å². The highest BCUT2D eigenvalue weighted by molar-refractivity contribution is 5.59. The van der Waals surface area contributed by atoms with E-state index in [0.717, 1.165) is 6.42 Å². The predicted octanol–water partition coefficient (Wildman–Crippen LogP) is 12.6. The second kappa shape index (κ2) is 51.7. The number of rotatable bonds is 0. The molecule has 0 atom stereocenters. The van der Waals surface area contributed by atoms with E-state index in [1.165, 1.54) is 22.3 Å². The molecule has 3 rings (SSSR count). The molecule has 0 heterocycles. The normalized spacial score (nSPS) is 7.31. The first-order valence-corrected chi connectivity index (χ1v) is 12.0. The molecule has 0 heteroatoms. The second-order valence-electron chi connectivity index (χ2n) is 4.39. The van der Waals surface area contributed by atoms with Crippen LogP contribution in [0.1, 0.15) is 128 Å². The van der Waals surface area contributed by atoms with E-state index in [2.05, 4.69) is 74.5 Å². The molecule has 0 saturated heterocycles. The van der Waals surface area contributed by atoms with E-state index in [0.29, 0.717) is 0 Å². The van der Waals surface area contributed by atoms with Crippen LogP contribution in [0.25, 0.3) is 6.08 Å².